The van der Waals surface area contributed by atoms with Crippen LogP contribution in [0, 0.1) is 6.92 Å². The minimum atomic E-state index is 0.00831. The number of likely N-dealkylation sites (N-methyl/N-ethyl adjacent to an activating group) is 1. The van der Waals surface area contributed by atoms with Crippen LogP contribution in [-0.4, -0.2) is 47.7 Å². The summed E-state index contributed by atoms with van der Waals surface area (Å²) in [6.45, 7) is 11.7. The van der Waals surface area contributed by atoms with Crippen LogP contribution >= 0.6 is 0 Å². The van der Waals surface area contributed by atoms with Crippen molar-refractivity contribution in [3.05, 3.63) is 23.3 Å². The van der Waals surface area contributed by atoms with Gasteiger partial charge in [-0.25, -0.2) is 9.97 Å². The summed E-state index contributed by atoms with van der Waals surface area (Å²) in [4.78, 5) is 11.6. The van der Waals surface area contributed by atoms with Gasteiger partial charge in [-0.15, -0.1) is 0 Å². The summed E-state index contributed by atoms with van der Waals surface area (Å²) in [5.74, 6) is 0.825. The number of nitrogens with zero attached hydrogens (tertiary/aromatic N) is 3. The van der Waals surface area contributed by atoms with E-state index in [1.807, 2.05) is 13.0 Å². The highest BCUT2D eigenvalue weighted by Crippen LogP contribution is 2.19. The van der Waals surface area contributed by atoms with Crippen LogP contribution in [0.3, 0.4) is 0 Å². The van der Waals surface area contributed by atoms with Crippen LogP contribution in [-0.2, 0) is 11.3 Å². The third-order valence-electron chi connectivity index (χ3n) is 3.37. The lowest BCUT2D eigenvalue weighted by molar-refractivity contribution is -0.0327. The second kappa shape index (κ2) is 6.93. The summed E-state index contributed by atoms with van der Waals surface area (Å²) in [5.41, 5.74) is 2.05. The van der Waals surface area contributed by atoms with E-state index in [0.29, 0.717) is 0 Å². The highest BCUT2D eigenvalue weighted by molar-refractivity contribution is 5.12. The average Bonchev–Trinajstić information content (AvgIpc) is 2.44. The Kier molecular flexibility index (Phi) is 5.24. The summed E-state index contributed by atoms with van der Waals surface area (Å²) < 4.78 is 5.82. The van der Waals surface area contributed by atoms with Gasteiger partial charge in [-0.05, 0) is 26.1 Å². The molecule has 5 heteroatoms. The van der Waals surface area contributed by atoms with E-state index in [9.17, 15) is 0 Å². The van der Waals surface area contributed by atoms with Crippen molar-refractivity contribution in [2.75, 3.05) is 32.8 Å². The zero-order chi connectivity index (χ0) is 13.7. The molecule has 1 fully saturated rings. The van der Waals surface area contributed by atoms with Crippen LogP contribution in [0.2, 0.25) is 0 Å². The Morgan fingerprint density at radius 1 is 1.42 bits per heavy atom. The largest absolute Gasteiger partial charge is 0.368 e. The summed E-state index contributed by atoms with van der Waals surface area (Å²) in [6, 6.07) is 2.03. The minimum Gasteiger partial charge on any atom is -0.368 e. The molecule has 0 aliphatic carbocycles. The monoisotopic (exact) mass is 264 g/mol. The summed E-state index contributed by atoms with van der Waals surface area (Å²) in [5, 5.41) is 3.30. The number of ether oxygens (including phenoxy) is 1. The Hall–Kier alpha value is -1.04. The lowest BCUT2D eigenvalue weighted by atomic mass is 10.2. The van der Waals surface area contributed by atoms with Gasteiger partial charge in [-0.1, -0.05) is 13.8 Å². The Balaban J connectivity index is 2.11. The number of aromatic nitrogens is 2. The van der Waals surface area contributed by atoms with Gasteiger partial charge in [0.1, 0.15) is 6.10 Å². The number of aryl methyl sites for hydroxylation is 1. The van der Waals surface area contributed by atoms with Gasteiger partial charge in [0.05, 0.1) is 12.3 Å². The van der Waals surface area contributed by atoms with Gasteiger partial charge in [-0.2, -0.15) is 0 Å². The quantitative estimate of drug-likeness (QED) is 0.868. The van der Waals surface area contributed by atoms with Crippen LogP contribution in [0.25, 0.3) is 0 Å². The van der Waals surface area contributed by atoms with Crippen molar-refractivity contribution < 1.29 is 4.74 Å². The smallest absolute Gasteiger partial charge is 0.158 e. The molecule has 1 aromatic heterocycles. The Morgan fingerprint density at radius 3 is 3.00 bits per heavy atom. The molecule has 1 saturated heterocycles. The maximum absolute atomic E-state index is 5.82. The van der Waals surface area contributed by atoms with Crippen LogP contribution in [0.4, 0.5) is 0 Å². The zero-order valence-electron chi connectivity index (χ0n) is 12.1. The minimum absolute atomic E-state index is 0.00831. The van der Waals surface area contributed by atoms with Crippen molar-refractivity contribution in [3.8, 4) is 0 Å². The molecule has 0 amide bonds. The molecule has 5 nitrogen and oxygen atoms in total. The average molecular weight is 264 g/mol. The topological polar surface area (TPSA) is 50.3 Å². The third-order valence-corrected chi connectivity index (χ3v) is 3.37. The van der Waals surface area contributed by atoms with Gasteiger partial charge in [0.2, 0.25) is 0 Å². The van der Waals surface area contributed by atoms with E-state index < -0.39 is 0 Å². The molecule has 0 aromatic carbocycles. The Morgan fingerprint density at radius 2 is 2.26 bits per heavy atom. The lowest BCUT2D eigenvalue weighted by Crippen LogP contribution is -2.38. The predicted octanol–water partition coefficient (Wildman–Crippen LogP) is 1.29. The van der Waals surface area contributed by atoms with Crippen molar-refractivity contribution in [2.24, 2.45) is 0 Å². The molecule has 106 valence electrons. The first-order chi connectivity index (χ1) is 9.22. The van der Waals surface area contributed by atoms with Crippen LogP contribution in [0.5, 0.6) is 0 Å². The molecule has 2 heterocycles. The highest BCUT2D eigenvalue weighted by atomic mass is 16.5. The van der Waals surface area contributed by atoms with Crippen LogP contribution in [0.1, 0.15) is 37.2 Å². The number of rotatable bonds is 5. The van der Waals surface area contributed by atoms with Crippen molar-refractivity contribution in [3.63, 3.8) is 0 Å². The molecule has 0 saturated carbocycles. The van der Waals surface area contributed by atoms with Gasteiger partial charge < -0.3 is 10.1 Å². The molecular weight excluding hydrogens is 240 g/mol. The van der Waals surface area contributed by atoms with E-state index >= 15 is 0 Å². The van der Waals surface area contributed by atoms with E-state index in [4.69, 9.17) is 4.74 Å². The number of nitrogens with one attached hydrogen (secondary N) is 1. The fraction of sp³-hybridized carbons (Fsp3) is 0.714. The van der Waals surface area contributed by atoms with Crippen molar-refractivity contribution in [2.45, 2.75) is 33.4 Å². The Labute approximate surface area is 115 Å². The van der Waals surface area contributed by atoms with Gasteiger partial charge in [-0.3, -0.25) is 4.90 Å². The van der Waals surface area contributed by atoms with E-state index in [1.165, 1.54) is 0 Å². The summed E-state index contributed by atoms with van der Waals surface area (Å²) >= 11 is 0. The molecule has 0 bridgehead atoms. The molecule has 0 radical (unpaired) electrons. The molecule has 1 unspecified atom stereocenters. The van der Waals surface area contributed by atoms with Crippen molar-refractivity contribution >= 4 is 0 Å². The predicted molar refractivity (Wildman–Crippen MR) is 75.0 cm³/mol. The summed E-state index contributed by atoms with van der Waals surface area (Å²) in [6.07, 6.45) is 0.00831. The van der Waals surface area contributed by atoms with E-state index in [0.717, 1.165) is 56.5 Å². The maximum atomic E-state index is 5.82. The first-order valence-electron chi connectivity index (χ1n) is 7.12. The molecule has 1 aliphatic rings. The zero-order valence-corrected chi connectivity index (χ0v) is 12.1. The van der Waals surface area contributed by atoms with E-state index in [1.54, 1.807) is 0 Å². The molecule has 1 N–H and O–H groups in total. The normalized spacial score (nSPS) is 20.7. The molecular formula is C14H24N4O. The maximum Gasteiger partial charge on any atom is 0.158 e. The first kappa shape index (κ1) is 14.4. The van der Waals surface area contributed by atoms with Crippen molar-refractivity contribution in [1.82, 2.24) is 20.2 Å². The van der Waals surface area contributed by atoms with Crippen LogP contribution < -0.4 is 5.32 Å². The SMILES string of the molecule is CCNCc1cc(C)nc(C2CN(CC)CCO2)n1. The standard InChI is InChI=1S/C14H24N4O/c1-4-15-9-12-8-11(3)16-14(17-12)13-10-18(5-2)6-7-19-13/h8,13,15H,4-7,9-10H2,1-3H3. The van der Waals surface area contributed by atoms with Gasteiger partial charge in [0.15, 0.2) is 5.82 Å². The molecule has 2 rings (SSSR count). The second-order valence-corrected chi connectivity index (χ2v) is 4.89. The number of hydrogen-bond donors (Lipinski definition) is 1. The van der Waals surface area contributed by atoms with Gasteiger partial charge in [0.25, 0.3) is 0 Å². The Bertz CT molecular complexity index is 410. The number of morpholine rings is 1. The highest BCUT2D eigenvalue weighted by Gasteiger charge is 2.23. The molecule has 1 aliphatic heterocycles. The van der Waals surface area contributed by atoms with Gasteiger partial charge in [0, 0.05) is 25.3 Å². The molecule has 1 aromatic rings. The molecule has 1 atom stereocenters. The lowest BCUT2D eigenvalue weighted by Gasteiger charge is -2.31. The fourth-order valence-corrected chi connectivity index (χ4v) is 2.29. The van der Waals surface area contributed by atoms with E-state index in [2.05, 4.69) is 34.0 Å². The summed E-state index contributed by atoms with van der Waals surface area (Å²) in [7, 11) is 0. The fourth-order valence-electron chi connectivity index (χ4n) is 2.29. The number of hydrogen-bond acceptors (Lipinski definition) is 5. The third kappa shape index (κ3) is 3.96. The van der Waals surface area contributed by atoms with Gasteiger partial charge >= 0.3 is 0 Å². The molecule has 19 heavy (non-hydrogen) atoms. The van der Waals surface area contributed by atoms with Crippen molar-refractivity contribution in [1.29, 1.82) is 0 Å². The first-order valence-corrected chi connectivity index (χ1v) is 7.12. The molecule has 0 spiro atoms. The van der Waals surface area contributed by atoms with E-state index in [-0.39, 0.29) is 6.10 Å². The van der Waals surface area contributed by atoms with Crippen LogP contribution in [0.15, 0.2) is 6.07 Å². The second-order valence-electron chi connectivity index (χ2n) is 4.89.